The van der Waals surface area contributed by atoms with Gasteiger partial charge in [0.25, 0.3) is 0 Å². The summed E-state index contributed by atoms with van der Waals surface area (Å²) in [6.07, 6.45) is 6.24. The zero-order valence-electron chi connectivity index (χ0n) is 8.05. The molecule has 0 aromatic carbocycles. The maximum atomic E-state index is 11.2. The van der Waals surface area contributed by atoms with E-state index in [1.54, 1.807) is 6.92 Å². The van der Waals surface area contributed by atoms with Crippen molar-refractivity contribution < 1.29 is 4.79 Å². The van der Waals surface area contributed by atoms with Crippen LogP contribution < -0.4 is 0 Å². The van der Waals surface area contributed by atoms with Crippen molar-refractivity contribution in [2.45, 2.75) is 33.6 Å². The van der Waals surface area contributed by atoms with Crippen LogP contribution in [0.1, 0.15) is 33.6 Å². The largest absolute Gasteiger partial charge is 0.295 e. The standard InChI is InChI=1S/C11H16O/c1-4-9-6-7-11(8(3)12)10(9)5-2/h6-7,9H,4-5H2,1-3H3. The lowest BCUT2D eigenvalue weighted by atomic mass is 9.95. The van der Waals surface area contributed by atoms with Crippen LogP contribution in [0.4, 0.5) is 0 Å². The van der Waals surface area contributed by atoms with Gasteiger partial charge in [-0.3, -0.25) is 4.79 Å². The van der Waals surface area contributed by atoms with Crippen LogP contribution in [0, 0.1) is 5.92 Å². The molecule has 0 fully saturated rings. The first-order valence-corrected chi connectivity index (χ1v) is 4.62. The van der Waals surface area contributed by atoms with Gasteiger partial charge >= 0.3 is 0 Å². The summed E-state index contributed by atoms with van der Waals surface area (Å²) < 4.78 is 0. The third kappa shape index (κ3) is 1.50. The molecule has 0 saturated carbocycles. The summed E-state index contributed by atoms with van der Waals surface area (Å²) >= 11 is 0. The molecular formula is C11H16O. The second-order valence-electron chi connectivity index (χ2n) is 3.22. The van der Waals surface area contributed by atoms with Crippen molar-refractivity contribution in [1.82, 2.24) is 0 Å². The van der Waals surface area contributed by atoms with Crippen molar-refractivity contribution in [2.75, 3.05) is 0 Å². The SMILES string of the molecule is CCC1=C(C(C)=O)C=CC1CC. The lowest BCUT2D eigenvalue weighted by molar-refractivity contribution is -0.113. The molecule has 0 aliphatic heterocycles. The maximum Gasteiger partial charge on any atom is 0.159 e. The van der Waals surface area contributed by atoms with Crippen LogP contribution in [0.3, 0.4) is 0 Å². The van der Waals surface area contributed by atoms with Crippen molar-refractivity contribution in [1.29, 1.82) is 0 Å². The summed E-state index contributed by atoms with van der Waals surface area (Å²) in [7, 11) is 0. The lowest BCUT2D eigenvalue weighted by Gasteiger charge is -2.09. The number of ketones is 1. The Bertz CT molecular complexity index is 246. The van der Waals surface area contributed by atoms with Crippen LogP contribution in [0.15, 0.2) is 23.3 Å². The summed E-state index contributed by atoms with van der Waals surface area (Å²) in [5, 5.41) is 0. The molecule has 0 bridgehead atoms. The van der Waals surface area contributed by atoms with Gasteiger partial charge in [0.2, 0.25) is 0 Å². The topological polar surface area (TPSA) is 17.1 Å². The molecule has 1 aliphatic carbocycles. The van der Waals surface area contributed by atoms with Crippen LogP contribution in [0.2, 0.25) is 0 Å². The smallest absolute Gasteiger partial charge is 0.159 e. The normalized spacial score (nSPS) is 22.1. The van der Waals surface area contributed by atoms with Gasteiger partial charge < -0.3 is 0 Å². The molecule has 1 aliphatic rings. The fourth-order valence-electron chi connectivity index (χ4n) is 1.81. The Kier molecular flexibility index (Phi) is 2.85. The molecule has 0 saturated heterocycles. The van der Waals surface area contributed by atoms with E-state index in [1.807, 2.05) is 6.08 Å². The van der Waals surface area contributed by atoms with E-state index in [0.29, 0.717) is 5.92 Å². The molecule has 0 radical (unpaired) electrons. The van der Waals surface area contributed by atoms with E-state index in [9.17, 15) is 4.79 Å². The van der Waals surface area contributed by atoms with Crippen molar-refractivity contribution in [3.63, 3.8) is 0 Å². The number of carbonyl (C=O) groups excluding carboxylic acids is 1. The van der Waals surface area contributed by atoms with Crippen LogP contribution in [0.25, 0.3) is 0 Å². The quantitative estimate of drug-likeness (QED) is 0.626. The van der Waals surface area contributed by atoms with Crippen LogP contribution in [-0.4, -0.2) is 5.78 Å². The lowest BCUT2D eigenvalue weighted by Crippen LogP contribution is -2.00. The van der Waals surface area contributed by atoms with Gasteiger partial charge in [-0.1, -0.05) is 31.6 Å². The number of rotatable bonds is 3. The minimum Gasteiger partial charge on any atom is -0.295 e. The first-order chi connectivity index (χ1) is 5.70. The number of Topliss-reactive ketones (excluding diaryl/α,β-unsaturated/α-hetero) is 1. The molecule has 1 nitrogen and oxygen atoms in total. The zero-order valence-corrected chi connectivity index (χ0v) is 8.05. The monoisotopic (exact) mass is 164 g/mol. The average molecular weight is 164 g/mol. The Hall–Kier alpha value is -0.850. The number of hydrogen-bond acceptors (Lipinski definition) is 1. The highest BCUT2D eigenvalue weighted by Gasteiger charge is 2.19. The van der Waals surface area contributed by atoms with Gasteiger partial charge in [-0.05, 0) is 25.7 Å². The Morgan fingerprint density at radius 2 is 2.17 bits per heavy atom. The average Bonchev–Trinajstić information content (AvgIpc) is 2.46. The fraction of sp³-hybridized carbons (Fsp3) is 0.545. The Morgan fingerprint density at radius 1 is 1.50 bits per heavy atom. The third-order valence-electron chi connectivity index (χ3n) is 2.49. The van der Waals surface area contributed by atoms with E-state index in [0.717, 1.165) is 18.4 Å². The van der Waals surface area contributed by atoms with Crippen LogP contribution in [-0.2, 0) is 4.79 Å². The summed E-state index contributed by atoms with van der Waals surface area (Å²) in [4.78, 5) is 11.2. The van der Waals surface area contributed by atoms with E-state index in [4.69, 9.17) is 0 Å². The van der Waals surface area contributed by atoms with Crippen LogP contribution >= 0.6 is 0 Å². The second kappa shape index (κ2) is 3.70. The zero-order chi connectivity index (χ0) is 9.14. The minimum absolute atomic E-state index is 0.207. The molecule has 1 rings (SSSR count). The Balaban J connectivity index is 2.94. The first kappa shape index (κ1) is 9.24. The highest BCUT2D eigenvalue weighted by atomic mass is 16.1. The molecule has 0 amide bonds. The van der Waals surface area contributed by atoms with E-state index in [2.05, 4.69) is 19.9 Å². The first-order valence-electron chi connectivity index (χ1n) is 4.62. The second-order valence-corrected chi connectivity index (χ2v) is 3.22. The fourth-order valence-corrected chi connectivity index (χ4v) is 1.81. The van der Waals surface area contributed by atoms with Gasteiger partial charge in [0.1, 0.15) is 0 Å². The van der Waals surface area contributed by atoms with Gasteiger partial charge in [-0.25, -0.2) is 0 Å². The van der Waals surface area contributed by atoms with Crippen molar-refractivity contribution in [3.05, 3.63) is 23.3 Å². The summed E-state index contributed by atoms with van der Waals surface area (Å²) in [5.74, 6) is 0.730. The Labute approximate surface area is 74.2 Å². The molecule has 0 aromatic rings. The number of hydrogen-bond donors (Lipinski definition) is 0. The van der Waals surface area contributed by atoms with Crippen molar-refractivity contribution in [3.8, 4) is 0 Å². The Morgan fingerprint density at radius 3 is 2.58 bits per heavy atom. The summed E-state index contributed by atoms with van der Waals surface area (Å²) in [6.45, 7) is 5.93. The van der Waals surface area contributed by atoms with Gasteiger partial charge in [-0.2, -0.15) is 0 Å². The number of carbonyl (C=O) groups is 1. The molecule has 0 aromatic heterocycles. The van der Waals surface area contributed by atoms with Crippen molar-refractivity contribution >= 4 is 5.78 Å². The highest BCUT2D eigenvalue weighted by Crippen LogP contribution is 2.30. The van der Waals surface area contributed by atoms with Gasteiger partial charge in [0.05, 0.1) is 0 Å². The predicted molar refractivity (Wildman–Crippen MR) is 50.9 cm³/mol. The number of allylic oxidation sites excluding steroid dienone is 4. The molecule has 0 heterocycles. The van der Waals surface area contributed by atoms with Gasteiger partial charge in [0, 0.05) is 5.57 Å². The van der Waals surface area contributed by atoms with E-state index in [-0.39, 0.29) is 5.78 Å². The molecule has 1 atom stereocenters. The maximum absolute atomic E-state index is 11.2. The molecule has 12 heavy (non-hydrogen) atoms. The molecule has 0 spiro atoms. The minimum atomic E-state index is 0.207. The van der Waals surface area contributed by atoms with Gasteiger partial charge in [0.15, 0.2) is 5.78 Å². The molecule has 66 valence electrons. The van der Waals surface area contributed by atoms with E-state index in [1.165, 1.54) is 5.57 Å². The summed E-state index contributed by atoms with van der Waals surface area (Å²) in [6, 6.07) is 0. The third-order valence-corrected chi connectivity index (χ3v) is 2.49. The molecule has 1 heteroatoms. The van der Waals surface area contributed by atoms with Crippen LogP contribution in [0.5, 0.6) is 0 Å². The van der Waals surface area contributed by atoms with Crippen molar-refractivity contribution in [2.24, 2.45) is 5.92 Å². The summed E-state index contributed by atoms with van der Waals surface area (Å²) in [5.41, 5.74) is 2.27. The van der Waals surface area contributed by atoms with E-state index >= 15 is 0 Å². The van der Waals surface area contributed by atoms with Gasteiger partial charge in [-0.15, -0.1) is 0 Å². The van der Waals surface area contributed by atoms with E-state index < -0.39 is 0 Å². The molecular weight excluding hydrogens is 148 g/mol. The molecule has 0 N–H and O–H groups in total. The molecule has 1 unspecified atom stereocenters. The predicted octanol–water partition coefficient (Wildman–Crippen LogP) is 2.88. The highest BCUT2D eigenvalue weighted by molar-refractivity contribution is 5.97.